The monoisotopic (exact) mass is 643 g/mol. The van der Waals surface area contributed by atoms with E-state index >= 15 is 0 Å². The number of benzene rings is 2. The van der Waals surface area contributed by atoms with Crippen LogP contribution in [0.3, 0.4) is 0 Å². The number of amides is 1. The maximum absolute atomic E-state index is 15.0. The van der Waals surface area contributed by atoms with Gasteiger partial charge in [0.15, 0.2) is 5.17 Å². The Kier molecular flexibility index (Phi) is 8.77. The molecule has 1 amide bonds. The first-order valence-electron chi connectivity index (χ1n) is 11.9. The Balaban J connectivity index is 1.80. The molecule has 1 saturated heterocycles. The maximum atomic E-state index is 15.0. The van der Waals surface area contributed by atoms with Crippen molar-refractivity contribution >= 4 is 51.8 Å². The smallest absolute Gasteiger partial charge is 0.431 e. The van der Waals surface area contributed by atoms with E-state index in [1.54, 1.807) is 0 Å². The molecule has 1 aromatic heterocycles. The molecule has 3 aromatic rings. The number of hydrogen-bond acceptors (Lipinski definition) is 9. The Labute approximate surface area is 247 Å². The zero-order chi connectivity index (χ0) is 31.8. The first-order chi connectivity index (χ1) is 20.1. The third-order valence-corrected chi connectivity index (χ3v) is 7.48. The number of carbonyl (C=O) groups is 2. The third-order valence-electron chi connectivity index (χ3n) is 6.24. The van der Waals surface area contributed by atoms with Gasteiger partial charge in [-0.05, 0) is 17.7 Å². The number of rotatable bonds is 7. The Bertz CT molecular complexity index is 1790. The number of non-ortho nitro benzene ring substituents is 1. The van der Waals surface area contributed by atoms with E-state index in [1.807, 2.05) is 0 Å². The summed E-state index contributed by atoms with van der Waals surface area (Å²) in [6.07, 6.45) is -5.18. The van der Waals surface area contributed by atoms with Gasteiger partial charge in [0.05, 0.1) is 34.2 Å². The van der Waals surface area contributed by atoms with Crippen LogP contribution in [0.25, 0.3) is 5.69 Å². The summed E-state index contributed by atoms with van der Waals surface area (Å²) in [6, 6.07) is 5.57. The minimum atomic E-state index is -5.04. The standard InChI is InChI=1S/C25H18ClF4N5O7S/c1-32-19(25(28,29)30)10-20(36)34(24(32)39)17-9-16(14(26)8-15(17)27)31-23-33(21(37)11-43-23)18(22(38)42-2)7-12-3-5-13(6-4-12)35(40)41/h3-6,8-10,18H,7,11H2,1-2H3/b31-23-. The zero-order valence-electron chi connectivity index (χ0n) is 21.9. The van der Waals surface area contributed by atoms with Crippen LogP contribution < -0.4 is 11.2 Å². The van der Waals surface area contributed by atoms with E-state index in [2.05, 4.69) is 4.99 Å². The molecule has 1 aliphatic heterocycles. The summed E-state index contributed by atoms with van der Waals surface area (Å²) < 4.78 is 59.9. The lowest BCUT2D eigenvalue weighted by Crippen LogP contribution is -2.46. The van der Waals surface area contributed by atoms with E-state index in [9.17, 15) is 46.9 Å². The molecule has 1 fully saturated rings. The van der Waals surface area contributed by atoms with Crippen LogP contribution in [0.15, 0.2) is 57.0 Å². The van der Waals surface area contributed by atoms with Gasteiger partial charge in [-0.25, -0.2) is 23.5 Å². The average Bonchev–Trinajstić information content (AvgIpc) is 3.30. The van der Waals surface area contributed by atoms with Gasteiger partial charge in [0.1, 0.15) is 17.6 Å². The molecule has 1 aliphatic rings. The highest BCUT2D eigenvalue weighted by molar-refractivity contribution is 8.15. The summed E-state index contributed by atoms with van der Waals surface area (Å²) in [6.45, 7) is 0. The van der Waals surface area contributed by atoms with Gasteiger partial charge in [-0.2, -0.15) is 13.2 Å². The molecule has 0 N–H and O–H groups in total. The summed E-state index contributed by atoms with van der Waals surface area (Å²) in [4.78, 5) is 66.5. The van der Waals surface area contributed by atoms with Gasteiger partial charge >= 0.3 is 17.8 Å². The fourth-order valence-corrected chi connectivity index (χ4v) is 5.28. The first kappa shape index (κ1) is 31.4. The average molecular weight is 644 g/mol. The van der Waals surface area contributed by atoms with Crippen LogP contribution in [-0.4, -0.2) is 54.9 Å². The van der Waals surface area contributed by atoms with Crippen molar-refractivity contribution in [3.8, 4) is 5.69 Å². The van der Waals surface area contributed by atoms with Gasteiger partial charge in [0.2, 0.25) is 5.91 Å². The molecule has 0 spiro atoms. The fraction of sp³-hybridized carbons (Fsp3) is 0.240. The summed E-state index contributed by atoms with van der Waals surface area (Å²) in [7, 11) is 1.84. The lowest BCUT2D eigenvalue weighted by molar-refractivity contribution is -0.384. The Morgan fingerprint density at radius 3 is 2.42 bits per heavy atom. The predicted octanol–water partition coefficient (Wildman–Crippen LogP) is 3.60. The molecule has 43 heavy (non-hydrogen) atoms. The summed E-state index contributed by atoms with van der Waals surface area (Å²) in [5.74, 6) is -2.84. The predicted molar refractivity (Wildman–Crippen MR) is 146 cm³/mol. The van der Waals surface area contributed by atoms with E-state index in [4.69, 9.17) is 16.3 Å². The lowest BCUT2D eigenvalue weighted by Gasteiger charge is -2.25. The molecule has 4 rings (SSSR count). The minimum absolute atomic E-state index is 0.102. The molecule has 0 aliphatic carbocycles. The van der Waals surface area contributed by atoms with Gasteiger partial charge in [-0.15, -0.1) is 0 Å². The molecular weight excluding hydrogens is 626 g/mol. The lowest BCUT2D eigenvalue weighted by atomic mass is 10.0. The quantitative estimate of drug-likeness (QED) is 0.164. The summed E-state index contributed by atoms with van der Waals surface area (Å²) >= 11 is 7.03. The number of hydrogen-bond donors (Lipinski definition) is 0. The molecule has 12 nitrogen and oxygen atoms in total. The number of amidine groups is 1. The number of methoxy groups -OCH3 is 1. The molecule has 18 heteroatoms. The number of ether oxygens (including phenoxy) is 1. The molecule has 2 aromatic carbocycles. The summed E-state index contributed by atoms with van der Waals surface area (Å²) in [5, 5.41) is 10.5. The zero-order valence-corrected chi connectivity index (χ0v) is 23.5. The van der Waals surface area contributed by atoms with Crippen molar-refractivity contribution in [2.75, 3.05) is 12.9 Å². The van der Waals surface area contributed by atoms with Gasteiger partial charge in [-0.1, -0.05) is 35.5 Å². The van der Waals surface area contributed by atoms with Crippen LogP contribution in [0.5, 0.6) is 0 Å². The van der Waals surface area contributed by atoms with Gasteiger partial charge in [-0.3, -0.25) is 29.2 Å². The molecule has 0 saturated carbocycles. The van der Waals surface area contributed by atoms with Gasteiger partial charge < -0.3 is 4.74 Å². The molecule has 2 heterocycles. The van der Waals surface area contributed by atoms with Crippen LogP contribution in [0, 0.1) is 15.9 Å². The van der Waals surface area contributed by atoms with Crippen molar-refractivity contribution in [2.45, 2.75) is 18.6 Å². The number of aromatic nitrogens is 2. The molecule has 1 atom stereocenters. The van der Waals surface area contributed by atoms with Crippen LogP contribution in [0.2, 0.25) is 5.02 Å². The molecule has 0 bridgehead atoms. The number of nitro benzene ring substituents is 1. The van der Waals surface area contributed by atoms with Crippen molar-refractivity contribution < 1.29 is 36.8 Å². The second-order valence-electron chi connectivity index (χ2n) is 8.91. The number of esters is 1. The van der Waals surface area contributed by atoms with Crippen molar-refractivity contribution in [1.29, 1.82) is 0 Å². The van der Waals surface area contributed by atoms with E-state index in [0.717, 1.165) is 36.9 Å². The van der Waals surface area contributed by atoms with E-state index in [0.29, 0.717) is 11.6 Å². The molecular formula is C25H18ClF4N5O7S. The number of nitrogens with zero attached hydrogens (tertiary/aromatic N) is 5. The van der Waals surface area contributed by atoms with Crippen molar-refractivity contribution in [3.05, 3.63) is 95.5 Å². The normalized spacial score (nSPS) is 15.2. The highest BCUT2D eigenvalue weighted by atomic mass is 35.5. The van der Waals surface area contributed by atoms with E-state index in [1.165, 1.54) is 24.3 Å². The number of halogens is 5. The molecule has 1 unspecified atom stereocenters. The van der Waals surface area contributed by atoms with Crippen molar-refractivity contribution in [1.82, 2.24) is 14.0 Å². The fourth-order valence-electron chi connectivity index (χ4n) is 4.16. The second kappa shape index (κ2) is 12.0. The van der Waals surface area contributed by atoms with Crippen LogP contribution in [0.1, 0.15) is 11.3 Å². The number of carbonyl (C=O) groups excluding carboxylic acids is 2. The van der Waals surface area contributed by atoms with Gasteiger partial charge in [0, 0.05) is 31.7 Å². The maximum Gasteiger partial charge on any atom is 0.431 e. The number of alkyl halides is 3. The Hall–Kier alpha value is -4.51. The highest BCUT2D eigenvalue weighted by Crippen LogP contribution is 2.34. The largest absolute Gasteiger partial charge is 0.467 e. The van der Waals surface area contributed by atoms with Gasteiger partial charge in [0.25, 0.3) is 11.2 Å². The highest BCUT2D eigenvalue weighted by Gasteiger charge is 2.39. The number of aliphatic imine (C=N–C) groups is 1. The summed E-state index contributed by atoms with van der Waals surface area (Å²) in [5.41, 5.74) is -5.34. The minimum Gasteiger partial charge on any atom is -0.467 e. The van der Waals surface area contributed by atoms with Crippen molar-refractivity contribution in [2.24, 2.45) is 12.0 Å². The van der Waals surface area contributed by atoms with Crippen LogP contribution in [0.4, 0.5) is 28.9 Å². The number of nitro groups is 1. The first-order valence-corrected chi connectivity index (χ1v) is 13.2. The van der Waals surface area contributed by atoms with Crippen LogP contribution in [-0.2, 0) is 34.0 Å². The van der Waals surface area contributed by atoms with E-state index in [-0.39, 0.29) is 48.9 Å². The molecule has 0 radical (unpaired) electrons. The topological polar surface area (TPSA) is 146 Å². The third kappa shape index (κ3) is 6.31. The van der Waals surface area contributed by atoms with Crippen molar-refractivity contribution in [3.63, 3.8) is 0 Å². The van der Waals surface area contributed by atoms with E-state index < -0.39 is 57.5 Å². The number of thioether (sulfide) groups is 1. The Morgan fingerprint density at radius 2 is 1.84 bits per heavy atom. The SMILES string of the molecule is COC(=O)C(Cc1ccc([N+](=O)[O-])cc1)N1C(=O)CS/C1=N\c1cc(-n2c(=O)cc(C(F)(F)F)n(C)c2=O)c(F)cc1Cl. The Morgan fingerprint density at radius 1 is 1.19 bits per heavy atom. The van der Waals surface area contributed by atoms with Crippen LogP contribution >= 0.6 is 23.4 Å². The second-order valence-corrected chi connectivity index (χ2v) is 10.3. The molecule has 226 valence electrons.